The van der Waals surface area contributed by atoms with Crippen LogP contribution in [0.1, 0.15) is 20.3 Å². The molecule has 1 N–H and O–H groups in total. The van der Waals surface area contributed by atoms with Gasteiger partial charge in [0, 0.05) is 5.92 Å². The number of carbonyl (C=O) groups excluding carboxylic acids is 1. The molecule has 1 heterocycles. The third-order valence-electron chi connectivity index (χ3n) is 2.70. The molecule has 1 aromatic rings. The number of carbonyl (C=O) groups is 1. The summed E-state index contributed by atoms with van der Waals surface area (Å²) < 4.78 is 0.659. The molecular formula is C10H12BrN3O. The molecule has 1 fully saturated rings. The van der Waals surface area contributed by atoms with Crippen LogP contribution in [0.2, 0.25) is 0 Å². The van der Waals surface area contributed by atoms with E-state index >= 15 is 0 Å². The molecule has 4 nitrogen and oxygen atoms in total. The molecule has 2 rings (SSSR count). The van der Waals surface area contributed by atoms with Crippen LogP contribution in [0, 0.1) is 11.3 Å². The Kier molecular flexibility index (Phi) is 2.50. The van der Waals surface area contributed by atoms with E-state index < -0.39 is 0 Å². The summed E-state index contributed by atoms with van der Waals surface area (Å²) in [7, 11) is 0. The lowest BCUT2D eigenvalue weighted by Gasteiger charge is -2.04. The second kappa shape index (κ2) is 3.56. The lowest BCUT2D eigenvalue weighted by atomic mass is 10.1. The first-order chi connectivity index (χ1) is 6.99. The van der Waals surface area contributed by atoms with Crippen molar-refractivity contribution in [1.29, 1.82) is 0 Å². The summed E-state index contributed by atoms with van der Waals surface area (Å²) >= 11 is 3.18. The standard InChI is InChI=1S/C10H12BrN3O/c1-10(2)3-6(10)9(15)14-8-5-12-7(11)4-13-8/h4-6H,3H2,1-2H3,(H,13,14,15). The number of aromatic nitrogens is 2. The van der Waals surface area contributed by atoms with Gasteiger partial charge in [-0.1, -0.05) is 13.8 Å². The zero-order valence-corrected chi connectivity index (χ0v) is 10.2. The molecule has 0 radical (unpaired) electrons. The molecular weight excluding hydrogens is 258 g/mol. The third-order valence-corrected chi connectivity index (χ3v) is 3.11. The smallest absolute Gasteiger partial charge is 0.229 e. The monoisotopic (exact) mass is 269 g/mol. The van der Waals surface area contributed by atoms with Gasteiger partial charge in [-0.15, -0.1) is 0 Å². The van der Waals surface area contributed by atoms with E-state index in [0.717, 1.165) is 6.42 Å². The summed E-state index contributed by atoms with van der Waals surface area (Å²) in [5.41, 5.74) is 0.146. The number of amides is 1. The van der Waals surface area contributed by atoms with Gasteiger partial charge < -0.3 is 5.32 Å². The van der Waals surface area contributed by atoms with Crippen molar-refractivity contribution in [2.75, 3.05) is 5.32 Å². The second-order valence-corrected chi connectivity index (χ2v) is 5.27. The van der Waals surface area contributed by atoms with Gasteiger partial charge in [-0.3, -0.25) is 4.79 Å². The Bertz CT molecular complexity index is 388. The van der Waals surface area contributed by atoms with Gasteiger partial charge in [0.05, 0.1) is 12.4 Å². The Hall–Kier alpha value is -0.970. The minimum Gasteiger partial charge on any atom is -0.309 e. The first-order valence-corrected chi connectivity index (χ1v) is 5.57. The zero-order chi connectivity index (χ0) is 11.1. The van der Waals surface area contributed by atoms with Gasteiger partial charge in [0.15, 0.2) is 5.82 Å². The molecule has 1 unspecified atom stereocenters. The molecule has 15 heavy (non-hydrogen) atoms. The highest BCUT2D eigenvalue weighted by atomic mass is 79.9. The van der Waals surface area contributed by atoms with Crippen molar-refractivity contribution in [2.24, 2.45) is 11.3 Å². The van der Waals surface area contributed by atoms with Crippen molar-refractivity contribution in [3.05, 3.63) is 17.0 Å². The van der Waals surface area contributed by atoms with Crippen molar-refractivity contribution in [2.45, 2.75) is 20.3 Å². The van der Waals surface area contributed by atoms with Gasteiger partial charge in [-0.05, 0) is 27.8 Å². The number of nitrogens with zero attached hydrogens (tertiary/aromatic N) is 2. The summed E-state index contributed by atoms with van der Waals surface area (Å²) in [6.45, 7) is 4.18. The average molecular weight is 270 g/mol. The van der Waals surface area contributed by atoms with Crippen molar-refractivity contribution in [3.63, 3.8) is 0 Å². The highest BCUT2D eigenvalue weighted by Gasteiger charge is 2.50. The minimum absolute atomic E-state index is 0.0385. The molecule has 0 aromatic carbocycles. The van der Waals surface area contributed by atoms with Crippen LogP contribution >= 0.6 is 15.9 Å². The van der Waals surface area contributed by atoms with Crippen molar-refractivity contribution >= 4 is 27.7 Å². The number of hydrogen-bond donors (Lipinski definition) is 1. The van der Waals surface area contributed by atoms with Crippen LogP contribution in [-0.2, 0) is 4.79 Å². The molecule has 0 spiro atoms. The SMILES string of the molecule is CC1(C)CC1C(=O)Nc1cnc(Br)cn1. The quantitative estimate of drug-likeness (QED) is 0.896. The summed E-state index contributed by atoms with van der Waals surface area (Å²) in [5.74, 6) is 0.658. The lowest BCUT2D eigenvalue weighted by Crippen LogP contribution is -2.17. The summed E-state index contributed by atoms with van der Waals surface area (Å²) in [6, 6.07) is 0. The van der Waals surface area contributed by atoms with E-state index in [2.05, 4.69) is 45.1 Å². The van der Waals surface area contributed by atoms with E-state index in [1.807, 2.05) is 0 Å². The van der Waals surface area contributed by atoms with Crippen LogP contribution in [0.5, 0.6) is 0 Å². The molecule has 5 heteroatoms. The molecule has 1 amide bonds. The van der Waals surface area contributed by atoms with Gasteiger partial charge in [-0.2, -0.15) is 0 Å². The third kappa shape index (κ3) is 2.34. The summed E-state index contributed by atoms with van der Waals surface area (Å²) in [5, 5.41) is 2.75. The number of rotatable bonds is 2. The molecule has 1 aliphatic rings. The van der Waals surface area contributed by atoms with Gasteiger partial charge in [-0.25, -0.2) is 9.97 Å². The Morgan fingerprint density at radius 1 is 1.53 bits per heavy atom. The predicted octanol–water partition coefficient (Wildman–Crippen LogP) is 2.22. The van der Waals surface area contributed by atoms with Gasteiger partial charge >= 0.3 is 0 Å². The maximum absolute atomic E-state index is 11.7. The number of nitrogens with one attached hydrogen (secondary N) is 1. The van der Waals surface area contributed by atoms with E-state index in [0.29, 0.717) is 10.4 Å². The van der Waals surface area contributed by atoms with E-state index in [-0.39, 0.29) is 17.2 Å². The van der Waals surface area contributed by atoms with Crippen LogP contribution in [0.3, 0.4) is 0 Å². The fourth-order valence-corrected chi connectivity index (χ4v) is 1.71. The maximum atomic E-state index is 11.7. The first kappa shape index (κ1) is 10.5. The Labute approximate surface area is 96.6 Å². The van der Waals surface area contributed by atoms with Crippen LogP contribution < -0.4 is 5.32 Å². The molecule has 1 aromatic heterocycles. The zero-order valence-electron chi connectivity index (χ0n) is 8.62. The van der Waals surface area contributed by atoms with Crippen molar-refractivity contribution < 1.29 is 4.79 Å². The molecule has 0 bridgehead atoms. The maximum Gasteiger partial charge on any atom is 0.229 e. The Morgan fingerprint density at radius 3 is 2.67 bits per heavy atom. The number of hydrogen-bond acceptors (Lipinski definition) is 3. The highest BCUT2D eigenvalue weighted by Crippen LogP contribution is 2.51. The van der Waals surface area contributed by atoms with Crippen LogP contribution in [0.4, 0.5) is 5.82 Å². The van der Waals surface area contributed by atoms with E-state index in [9.17, 15) is 4.79 Å². The molecule has 1 aliphatic carbocycles. The Balaban J connectivity index is 1.98. The fraction of sp³-hybridized carbons (Fsp3) is 0.500. The second-order valence-electron chi connectivity index (χ2n) is 4.46. The molecule has 1 atom stereocenters. The van der Waals surface area contributed by atoms with Crippen LogP contribution in [0.15, 0.2) is 17.0 Å². The van der Waals surface area contributed by atoms with Crippen LogP contribution in [0.25, 0.3) is 0 Å². The molecule has 0 aliphatic heterocycles. The molecule has 80 valence electrons. The number of halogens is 1. The van der Waals surface area contributed by atoms with Gasteiger partial charge in [0.25, 0.3) is 0 Å². The van der Waals surface area contributed by atoms with Crippen molar-refractivity contribution in [3.8, 4) is 0 Å². The molecule has 0 saturated heterocycles. The van der Waals surface area contributed by atoms with Gasteiger partial charge in [0.1, 0.15) is 4.60 Å². The van der Waals surface area contributed by atoms with Crippen molar-refractivity contribution in [1.82, 2.24) is 9.97 Å². The van der Waals surface area contributed by atoms with Gasteiger partial charge in [0.2, 0.25) is 5.91 Å². The predicted molar refractivity (Wildman–Crippen MR) is 60.2 cm³/mol. The number of anilines is 1. The average Bonchev–Trinajstić information content (AvgIpc) is 2.79. The fourth-order valence-electron chi connectivity index (χ4n) is 1.50. The van der Waals surface area contributed by atoms with E-state index in [4.69, 9.17) is 0 Å². The molecule has 1 saturated carbocycles. The Morgan fingerprint density at radius 2 is 2.20 bits per heavy atom. The minimum atomic E-state index is 0.0385. The highest BCUT2D eigenvalue weighted by molar-refractivity contribution is 9.10. The van der Waals surface area contributed by atoms with E-state index in [1.54, 1.807) is 6.20 Å². The largest absolute Gasteiger partial charge is 0.309 e. The topological polar surface area (TPSA) is 54.9 Å². The summed E-state index contributed by atoms with van der Waals surface area (Å²) in [6.07, 6.45) is 4.05. The first-order valence-electron chi connectivity index (χ1n) is 4.77. The summed E-state index contributed by atoms with van der Waals surface area (Å²) in [4.78, 5) is 19.7. The van der Waals surface area contributed by atoms with E-state index in [1.165, 1.54) is 6.20 Å². The lowest BCUT2D eigenvalue weighted by molar-refractivity contribution is -0.118. The van der Waals surface area contributed by atoms with Crippen LogP contribution in [-0.4, -0.2) is 15.9 Å². The normalized spacial score (nSPS) is 22.2.